The van der Waals surface area contributed by atoms with Gasteiger partial charge in [0, 0.05) is 32.3 Å². The van der Waals surface area contributed by atoms with Crippen LogP contribution >= 0.6 is 11.3 Å². The molecular weight excluding hydrogens is 209 g/mol. The number of hydrogen-bond donors (Lipinski definition) is 2. The number of likely N-dealkylation sites (N-methyl/N-ethyl adjacent to an activating group) is 1. The lowest BCUT2D eigenvalue weighted by Crippen LogP contribution is -2.34. The standard InChI is InChI=1S/C10H14BNO2S/c1-12-5-8-7(10(6-12)2-3-10)4-9(15-8)11(13)14/h4,13-14H,2-3,5-6H2,1H3/i1D3. The quantitative estimate of drug-likeness (QED) is 0.657. The Balaban J connectivity index is 1.99. The van der Waals surface area contributed by atoms with Crippen LogP contribution in [-0.2, 0) is 12.0 Å². The van der Waals surface area contributed by atoms with Gasteiger partial charge in [0.25, 0.3) is 0 Å². The third kappa shape index (κ3) is 1.46. The van der Waals surface area contributed by atoms with Gasteiger partial charge in [0.05, 0.1) is 0 Å². The number of nitrogens with zero attached hydrogens (tertiary/aromatic N) is 1. The first-order valence-electron chi connectivity index (χ1n) is 6.56. The smallest absolute Gasteiger partial charge is 0.423 e. The first-order chi connectivity index (χ1) is 8.32. The lowest BCUT2D eigenvalue weighted by Gasteiger charge is -2.29. The highest BCUT2D eigenvalue weighted by molar-refractivity contribution is 7.22. The topological polar surface area (TPSA) is 43.7 Å². The first kappa shape index (κ1) is 7.07. The van der Waals surface area contributed by atoms with Crippen molar-refractivity contribution in [3.63, 3.8) is 0 Å². The fourth-order valence-electron chi connectivity index (χ4n) is 2.40. The molecule has 0 radical (unpaired) electrons. The average molecular weight is 226 g/mol. The van der Waals surface area contributed by atoms with E-state index in [0.29, 0.717) is 17.9 Å². The highest BCUT2D eigenvalue weighted by Crippen LogP contribution is 2.52. The second-order valence-corrected chi connectivity index (χ2v) is 5.66. The highest BCUT2D eigenvalue weighted by Gasteiger charge is 2.49. The molecule has 3 rings (SSSR count). The Morgan fingerprint density at radius 3 is 3.00 bits per heavy atom. The van der Waals surface area contributed by atoms with Crippen LogP contribution in [0.15, 0.2) is 6.07 Å². The average Bonchev–Trinajstić information content (AvgIpc) is 2.87. The monoisotopic (exact) mass is 226 g/mol. The van der Waals surface area contributed by atoms with Gasteiger partial charge in [-0.1, -0.05) is 0 Å². The predicted molar refractivity (Wildman–Crippen MR) is 61.4 cm³/mol. The fraction of sp³-hybridized carbons (Fsp3) is 0.600. The van der Waals surface area contributed by atoms with Gasteiger partial charge in [-0.15, -0.1) is 11.3 Å². The fourth-order valence-corrected chi connectivity index (χ4v) is 3.57. The molecule has 0 unspecified atom stereocenters. The van der Waals surface area contributed by atoms with Gasteiger partial charge < -0.3 is 14.9 Å². The molecule has 1 fully saturated rings. The van der Waals surface area contributed by atoms with E-state index in [1.165, 1.54) is 16.2 Å². The zero-order valence-electron chi connectivity index (χ0n) is 11.2. The van der Waals surface area contributed by atoms with E-state index in [1.807, 2.05) is 6.07 Å². The van der Waals surface area contributed by atoms with E-state index < -0.39 is 14.1 Å². The summed E-state index contributed by atoms with van der Waals surface area (Å²) in [7, 11) is -1.46. The molecular formula is C10H14BNO2S. The van der Waals surface area contributed by atoms with Gasteiger partial charge in [-0.2, -0.15) is 0 Å². The zero-order chi connectivity index (χ0) is 13.1. The summed E-state index contributed by atoms with van der Waals surface area (Å²) in [5.41, 5.74) is 1.09. The molecule has 2 aliphatic rings. The Hall–Kier alpha value is -0.355. The predicted octanol–water partition coefficient (Wildman–Crippen LogP) is -0.0951. The van der Waals surface area contributed by atoms with Crippen LogP contribution in [0.1, 0.15) is 27.4 Å². The van der Waals surface area contributed by atoms with Crippen LogP contribution < -0.4 is 4.78 Å². The van der Waals surface area contributed by atoms with Crippen molar-refractivity contribution in [3.05, 3.63) is 16.5 Å². The molecule has 2 heterocycles. The summed E-state index contributed by atoms with van der Waals surface area (Å²) >= 11 is 1.31. The Bertz CT molecular complexity index is 484. The van der Waals surface area contributed by atoms with Crippen molar-refractivity contribution in [1.29, 1.82) is 0 Å². The third-order valence-electron chi connectivity index (χ3n) is 3.34. The molecule has 2 N–H and O–H groups in total. The van der Waals surface area contributed by atoms with Crippen LogP contribution in [0, 0.1) is 0 Å². The molecule has 15 heavy (non-hydrogen) atoms. The molecule has 0 atom stereocenters. The number of rotatable bonds is 1. The van der Waals surface area contributed by atoms with Gasteiger partial charge in [-0.25, -0.2) is 0 Å². The van der Waals surface area contributed by atoms with E-state index in [4.69, 9.17) is 4.11 Å². The normalized spacial score (nSPS) is 26.7. The van der Waals surface area contributed by atoms with Crippen molar-refractivity contribution >= 4 is 23.2 Å². The lowest BCUT2D eigenvalue weighted by atomic mass is 9.85. The van der Waals surface area contributed by atoms with E-state index in [1.54, 1.807) is 0 Å². The van der Waals surface area contributed by atoms with Crippen molar-refractivity contribution in [2.45, 2.75) is 24.8 Å². The van der Waals surface area contributed by atoms with E-state index >= 15 is 0 Å². The minimum absolute atomic E-state index is 0.0500. The van der Waals surface area contributed by atoms with Gasteiger partial charge in [0.2, 0.25) is 0 Å². The molecule has 80 valence electrons. The highest BCUT2D eigenvalue weighted by atomic mass is 32.1. The maximum atomic E-state index is 9.23. The molecule has 0 saturated heterocycles. The number of hydrogen-bond acceptors (Lipinski definition) is 4. The van der Waals surface area contributed by atoms with E-state index in [9.17, 15) is 10.0 Å². The van der Waals surface area contributed by atoms with Crippen molar-refractivity contribution < 1.29 is 14.2 Å². The maximum Gasteiger partial charge on any atom is 0.499 e. The van der Waals surface area contributed by atoms with Crippen LogP contribution in [0.5, 0.6) is 0 Å². The van der Waals surface area contributed by atoms with Gasteiger partial charge in [-0.3, -0.25) is 0 Å². The first-order valence-corrected chi connectivity index (χ1v) is 5.88. The second-order valence-electron chi connectivity index (χ2n) is 4.50. The van der Waals surface area contributed by atoms with Gasteiger partial charge in [0.1, 0.15) is 0 Å². The molecule has 1 saturated carbocycles. The molecule has 0 bridgehead atoms. The number of thiophene rings is 1. The Morgan fingerprint density at radius 1 is 1.60 bits per heavy atom. The van der Waals surface area contributed by atoms with Gasteiger partial charge >= 0.3 is 7.12 Å². The van der Waals surface area contributed by atoms with E-state index in [2.05, 4.69) is 0 Å². The van der Waals surface area contributed by atoms with E-state index in [0.717, 1.165) is 23.3 Å². The maximum absolute atomic E-state index is 9.23. The Kier molecular flexibility index (Phi) is 1.45. The summed E-state index contributed by atoms with van der Waals surface area (Å²) in [6, 6.07) is 1.84. The zero-order valence-corrected chi connectivity index (χ0v) is 9.05. The largest absolute Gasteiger partial charge is 0.499 e. The molecule has 1 aliphatic carbocycles. The molecule has 0 amide bonds. The van der Waals surface area contributed by atoms with Gasteiger partial charge in [-0.05, 0) is 31.4 Å². The number of fused-ring (bicyclic) bond motifs is 2. The molecule has 1 aromatic rings. The van der Waals surface area contributed by atoms with Crippen LogP contribution in [0.4, 0.5) is 0 Å². The minimum atomic E-state index is -2.07. The lowest BCUT2D eigenvalue weighted by molar-refractivity contribution is 0.275. The summed E-state index contributed by atoms with van der Waals surface area (Å²) < 4.78 is 23.1. The summed E-state index contributed by atoms with van der Waals surface area (Å²) in [4.78, 5) is 2.49. The van der Waals surface area contributed by atoms with E-state index in [-0.39, 0.29) is 5.41 Å². The molecule has 1 spiro atoms. The third-order valence-corrected chi connectivity index (χ3v) is 4.50. The summed E-state index contributed by atoms with van der Waals surface area (Å²) in [5.74, 6) is 0. The van der Waals surface area contributed by atoms with Crippen molar-refractivity contribution in [3.8, 4) is 0 Å². The molecule has 1 aromatic heterocycles. The summed E-state index contributed by atoms with van der Waals surface area (Å²) in [6.45, 7) is -1.14. The van der Waals surface area contributed by atoms with Crippen LogP contribution in [-0.4, -0.2) is 35.6 Å². The van der Waals surface area contributed by atoms with Crippen LogP contribution in [0.3, 0.4) is 0 Å². The van der Waals surface area contributed by atoms with Crippen molar-refractivity contribution in [1.82, 2.24) is 4.90 Å². The summed E-state index contributed by atoms with van der Waals surface area (Å²) in [6.07, 6.45) is 1.98. The SMILES string of the molecule is [2H]C([2H])([2H])N1Cc2sc(B(O)O)cc2C2(CC2)C1. The molecule has 5 heteroatoms. The van der Waals surface area contributed by atoms with Crippen molar-refractivity contribution in [2.24, 2.45) is 0 Å². The molecule has 1 aliphatic heterocycles. The van der Waals surface area contributed by atoms with Crippen molar-refractivity contribution in [2.75, 3.05) is 13.5 Å². The molecule has 3 nitrogen and oxygen atoms in total. The van der Waals surface area contributed by atoms with Crippen LogP contribution in [0.25, 0.3) is 0 Å². The Labute approximate surface area is 97.7 Å². The van der Waals surface area contributed by atoms with Gasteiger partial charge in [0.15, 0.2) is 0 Å². The second kappa shape index (κ2) is 3.07. The minimum Gasteiger partial charge on any atom is -0.423 e. The summed E-state index contributed by atoms with van der Waals surface area (Å²) in [5, 5.41) is 18.5. The Morgan fingerprint density at radius 2 is 2.40 bits per heavy atom. The van der Waals surface area contributed by atoms with Crippen LogP contribution in [0.2, 0.25) is 0 Å². The molecule has 0 aromatic carbocycles.